The van der Waals surface area contributed by atoms with Crippen molar-refractivity contribution < 1.29 is 19.4 Å². The number of hydrogen-bond donors (Lipinski definition) is 1. The Bertz CT molecular complexity index is 1550. The summed E-state index contributed by atoms with van der Waals surface area (Å²) >= 11 is 0. The van der Waals surface area contributed by atoms with E-state index < -0.39 is 5.97 Å². The third-order valence-corrected chi connectivity index (χ3v) is 6.89. The van der Waals surface area contributed by atoms with Crippen molar-refractivity contribution in [2.45, 2.75) is 39.2 Å². The van der Waals surface area contributed by atoms with Crippen LogP contribution in [0.3, 0.4) is 0 Å². The summed E-state index contributed by atoms with van der Waals surface area (Å²) in [5.74, 6) is -0.626. The summed E-state index contributed by atoms with van der Waals surface area (Å²) in [6.45, 7) is 4.03. The number of rotatable bonds is 7. The molecule has 0 saturated carbocycles. The molecular formula is C31H29N3O4. The number of carboxylic acids is 1. The van der Waals surface area contributed by atoms with Crippen molar-refractivity contribution in [3.8, 4) is 16.9 Å². The van der Waals surface area contributed by atoms with Gasteiger partial charge in [0.05, 0.1) is 30.8 Å². The molecule has 1 N–H and O–H groups in total. The average molecular weight is 508 g/mol. The Morgan fingerprint density at radius 3 is 2.39 bits per heavy atom. The Balaban J connectivity index is 1.67. The third kappa shape index (κ3) is 4.87. The number of carbonyl (C=O) groups excluding carboxylic acids is 1. The molecule has 7 nitrogen and oxygen atoms in total. The number of benzene rings is 3. The van der Waals surface area contributed by atoms with Gasteiger partial charge in [0.2, 0.25) is 5.91 Å². The first kappa shape index (κ1) is 25.1. The lowest BCUT2D eigenvalue weighted by atomic mass is 9.89. The van der Waals surface area contributed by atoms with Crippen molar-refractivity contribution in [3.05, 3.63) is 95.2 Å². The van der Waals surface area contributed by atoms with Crippen LogP contribution in [0.4, 0.5) is 0 Å². The van der Waals surface area contributed by atoms with E-state index in [0.29, 0.717) is 12.2 Å². The number of amides is 1. The summed E-state index contributed by atoms with van der Waals surface area (Å²) in [4.78, 5) is 29.4. The third-order valence-electron chi connectivity index (χ3n) is 6.89. The van der Waals surface area contributed by atoms with Gasteiger partial charge in [0.15, 0.2) is 0 Å². The fourth-order valence-corrected chi connectivity index (χ4v) is 5.06. The van der Waals surface area contributed by atoms with Crippen LogP contribution in [0.5, 0.6) is 5.75 Å². The molecule has 7 heteroatoms. The van der Waals surface area contributed by atoms with Gasteiger partial charge in [-0.3, -0.25) is 14.6 Å². The minimum Gasteiger partial charge on any atom is -0.497 e. The van der Waals surface area contributed by atoms with Crippen molar-refractivity contribution in [2.24, 2.45) is 5.10 Å². The van der Waals surface area contributed by atoms with Gasteiger partial charge in [-0.2, -0.15) is 5.10 Å². The zero-order valence-electron chi connectivity index (χ0n) is 21.6. The topological polar surface area (TPSA) is 92.1 Å². The molecule has 1 atom stereocenters. The van der Waals surface area contributed by atoms with E-state index in [-0.39, 0.29) is 24.8 Å². The van der Waals surface area contributed by atoms with Gasteiger partial charge < -0.3 is 9.84 Å². The summed E-state index contributed by atoms with van der Waals surface area (Å²) < 4.78 is 5.31. The SMILES string of the molecule is COc1ccc([C@@H]2CC(c3c(C)nc4ccc(C)cc4c3-c3ccccc3)=NN2C(=O)CCC(=O)O)cc1. The fraction of sp³-hybridized carbons (Fsp3) is 0.226. The number of aryl methyl sites for hydroxylation is 2. The minimum absolute atomic E-state index is 0.127. The van der Waals surface area contributed by atoms with E-state index in [0.717, 1.165) is 50.1 Å². The molecule has 1 amide bonds. The predicted octanol–water partition coefficient (Wildman–Crippen LogP) is 6.07. The van der Waals surface area contributed by atoms with Gasteiger partial charge in [0.1, 0.15) is 5.75 Å². The second-order valence-corrected chi connectivity index (χ2v) is 9.51. The number of hydrogen-bond acceptors (Lipinski definition) is 5. The molecule has 2 heterocycles. The highest BCUT2D eigenvalue weighted by molar-refractivity contribution is 6.14. The highest BCUT2D eigenvalue weighted by Crippen LogP contribution is 2.40. The Labute approximate surface area is 221 Å². The second kappa shape index (κ2) is 10.5. The molecule has 0 unspecified atom stereocenters. The Morgan fingerprint density at radius 2 is 1.71 bits per heavy atom. The summed E-state index contributed by atoms with van der Waals surface area (Å²) in [6, 6.07) is 23.6. The Hall–Kier alpha value is -4.52. The van der Waals surface area contributed by atoms with Gasteiger partial charge >= 0.3 is 5.97 Å². The maximum absolute atomic E-state index is 13.2. The first-order chi connectivity index (χ1) is 18.4. The zero-order valence-corrected chi connectivity index (χ0v) is 21.6. The minimum atomic E-state index is -1.01. The molecule has 1 aromatic heterocycles. The van der Waals surface area contributed by atoms with Crippen LogP contribution in [-0.2, 0) is 9.59 Å². The van der Waals surface area contributed by atoms with Crippen molar-refractivity contribution in [1.82, 2.24) is 9.99 Å². The molecule has 38 heavy (non-hydrogen) atoms. The van der Waals surface area contributed by atoms with Crippen LogP contribution >= 0.6 is 0 Å². The van der Waals surface area contributed by atoms with Gasteiger partial charge in [-0.1, -0.05) is 54.1 Å². The number of nitrogens with zero attached hydrogens (tertiary/aromatic N) is 3. The summed E-state index contributed by atoms with van der Waals surface area (Å²) in [7, 11) is 1.61. The van der Waals surface area contributed by atoms with Gasteiger partial charge in [0, 0.05) is 35.0 Å². The number of fused-ring (bicyclic) bond motifs is 1. The monoisotopic (exact) mass is 507 g/mol. The number of ether oxygens (including phenoxy) is 1. The molecule has 0 fully saturated rings. The lowest BCUT2D eigenvalue weighted by Crippen LogP contribution is -2.27. The lowest BCUT2D eigenvalue weighted by Gasteiger charge is -2.22. The van der Waals surface area contributed by atoms with Gasteiger partial charge in [0.25, 0.3) is 0 Å². The van der Waals surface area contributed by atoms with Gasteiger partial charge in [-0.15, -0.1) is 0 Å². The fourth-order valence-electron chi connectivity index (χ4n) is 5.06. The molecule has 4 aromatic rings. The summed E-state index contributed by atoms with van der Waals surface area (Å²) in [5.41, 5.74) is 7.48. The van der Waals surface area contributed by atoms with E-state index in [1.807, 2.05) is 55.5 Å². The highest BCUT2D eigenvalue weighted by Gasteiger charge is 2.35. The van der Waals surface area contributed by atoms with E-state index >= 15 is 0 Å². The first-order valence-electron chi connectivity index (χ1n) is 12.6. The summed E-state index contributed by atoms with van der Waals surface area (Å²) in [5, 5.41) is 16.5. The normalized spacial score (nSPS) is 15.0. The van der Waals surface area contributed by atoms with Crippen LogP contribution in [0, 0.1) is 13.8 Å². The number of aliphatic carboxylic acids is 1. The van der Waals surface area contributed by atoms with E-state index in [1.54, 1.807) is 7.11 Å². The van der Waals surface area contributed by atoms with Crippen LogP contribution in [0.1, 0.15) is 47.7 Å². The molecule has 1 aliphatic rings. The number of methoxy groups -OCH3 is 1. The molecule has 0 saturated heterocycles. The van der Waals surface area contributed by atoms with Crippen molar-refractivity contribution in [2.75, 3.05) is 7.11 Å². The molecule has 1 aliphatic heterocycles. The average Bonchev–Trinajstić information content (AvgIpc) is 3.37. The van der Waals surface area contributed by atoms with Crippen LogP contribution in [-0.4, -0.2) is 39.8 Å². The van der Waals surface area contributed by atoms with E-state index in [2.05, 4.69) is 31.2 Å². The van der Waals surface area contributed by atoms with Crippen LogP contribution in [0.25, 0.3) is 22.0 Å². The lowest BCUT2D eigenvalue weighted by molar-refractivity contribution is -0.141. The van der Waals surface area contributed by atoms with Gasteiger partial charge in [-0.25, -0.2) is 5.01 Å². The molecule has 192 valence electrons. The van der Waals surface area contributed by atoms with Crippen molar-refractivity contribution >= 4 is 28.5 Å². The number of carboxylic acid groups (broad SMARTS) is 1. The number of hydrazone groups is 1. The molecule has 0 aliphatic carbocycles. The van der Waals surface area contributed by atoms with Crippen LogP contribution < -0.4 is 4.74 Å². The number of pyridine rings is 1. The maximum Gasteiger partial charge on any atom is 0.303 e. The van der Waals surface area contributed by atoms with Crippen LogP contribution in [0.15, 0.2) is 77.9 Å². The molecular weight excluding hydrogens is 478 g/mol. The van der Waals surface area contributed by atoms with E-state index in [1.165, 1.54) is 5.01 Å². The van der Waals surface area contributed by atoms with Gasteiger partial charge in [-0.05, 0) is 49.2 Å². The van der Waals surface area contributed by atoms with E-state index in [9.17, 15) is 9.59 Å². The van der Waals surface area contributed by atoms with Crippen molar-refractivity contribution in [3.63, 3.8) is 0 Å². The molecule has 0 radical (unpaired) electrons. The number of aromatic nitrogens is 1. The standard InChI is InChI=1S/C31H29N3O4/c1-19-9-14-25-24(17-19)31(22-7-5-4-6-8-22)30(20(2)32-25)26-18-27(21-10-12-23(38-3)13-11-21)34(33-26)28(35)15-16-29(36)37/h4-14,17,27H,15-16,18H2,1-3H3,(H,36,37)/t27-/m0/s1. The smallest absolute Gasteiger partial charge is 0.303 e. The largest absolute Gasteiger partial charge is 0.497 e. The summed E-state index contributed by atoms with van der Waals surface area (Å²) in [6.07, 6.45) is 0.101. The van der Waals surface area contributed by atoms with E-state index in [4.69, 9.17) is 19.9 Å². The Kier molecular flexibility index (Phi) is 6.92. The predicted molar refractivity (Wildman–Crippen MR) is 147 cm³/mol. The van der Waals surface area contributed by atoms with Crippen LogP contribution in [0.2, 0.25) is 0 Å². The highest BCUT2D eigenvalue weighted by atomic mass is 16.5. The Morgan fingerprint density at radius 1 is 0.974 bits per heavy atom. The zero-order chi connectivity index (χ0) is 26.8. The molecule has 0 bridgehead atoms. The molecule has 0 spiro atoms. The maximum atomic E-state index is 13.2. The quantitative estimate of drug-likeness (QED) is 0.328. The first-order valence-corrected chi connectivity index (χ1v) is 12.6. The molecule has 3 aromatic carbocycles. The number of carbonyl (C=O) groups is 2. The molecule has 5 rings (SSSR count). The second-order valence-electron chi connectivity index (χ2n) is 9.51. The van der Waals surface area contributed by atoms with Crippen molar-refractivity contribution in [1.29, 1.82) is 0 Å².